The molecule has 2 saturated heterocycles. The number of likely N-dealkylation sites (tertiary alicyclic amines) is 2. The molecule has 0 saturated carbocycles. The number of hydrogen-bond acceptors (Lipinski definition) is 4. The van der Waals surface area contributed by atoms with Gasteiger partial charge in [-0.1, -0.05) is 37.1 Å². The molecule has 3 rings (SSSR count). The van der Waals surface area contributed by atoms with Crippen molar-refractivity contribution in [1.82, 2.24) is 20.4 Å². The minimum absolute atomic E-state index is 0. The third kappa shape index (κ3) is 9.79. The van der Waals surface area contributed by atoms with Crippen LogP contribution in [-0.4, -0.2) is 61.2 Å². The SMILES string of the molecule is C[C@@H]1CCCCN1CCCNCc1ccc(CNCCCN2CCCC[C@@H]2C)cc1.Cl. The number of benzene rings is 1. The van der Waals surface area contributed by atoms with Gasteiger partial charge in [0.15, 0.2) is 0 Å². The van der Waals surface area contributed by atoms with E-state index in [1.54, 1.807) is 0 Å². The van der Waals surface area contributed by atoms with E-state index in [-0.39, 0.29) is 12.4 Å². The number of nitrogens with zero attached hydrogens (tertiary/aromatic N) is 2. The van der Waals surface area contributed by atoms with Gasteiger partial charge in [-0.2, -0.15) is 0 Å². The van der Waals surface area contributed by atoms with Crippen LogP contribution in [0.2, 0.25) is 0 Å². The van der Waals surface area contributed by atoms with Crippen molar-refractivity contribution in [2.45, 2.75) is 90.4 Å². The highest BCUT2D eigenvalue weighted by molar-refractivity contribution is 5.85. The Hall–Kier alpha value is -0.650. The summed E-state index contributed by atoms with van der Waals surface area (Å²) in [6, 6.07) is 10.7. The van der Waals surface area contributed by atoms with E-state index in [1.807, 2.05) is 0 Å². The predicted octanol–water partition coefficient (Wildman–Crippen LogP) is 4.82. The Morgan fingerprint density at radius 3 is 1.52 bits per heavy atom. The van der Waals surface area contributed by atoms with Gasteiger partial charge in [-0.25, -0.2) is 0 Å². The quantitative estimate of drug-likeness (QED) is 0.447. The highest BCUT2D eigenvalue weighted by atomic mass is 35.5. The summed E-state index contributed by atoms with van der Waals surface area (Å²) in [7, 11) is 0. The summed E-state index contributed by atoms with van der Waals surface area (Å²) in [4.78, 5) is 5.33. The number of piperidine rings is 2. The van der Waals surface area contributed by atoms with Gasteiger partial charge in [-0.05, 0) is 103 Å². The van der Waals surface area contributed by atoms with Crippen LogP contribution in [0.4, 0.5) is 0 Å². The van der Waals surface area contributed by atoms with Gasteiger partial charge in [-0.3, -0.25) is 0 Å². The molecule has 0 aromatic heterocycles. The van der Waals surface area contributed by atoms with Crippen molar-refractivity contribution >= 4 is 12.4 Å². The smallest absolute Gasteiger partial charge is 0.0205 e. The van der Waals surface area contributed by atoms with Gasteiger partial charge >= 0.3 is 0 Å². The first-order chi connectivity index (χ1) is 14.7. The fourth-order valence-corrected chi connectivity index (χ4v) is 5.03. The summed E-state index contributed by atoms with van der Waals surface area (Å²) < 4.78 is 0. The van der Waals surface area contributed by atoms with E-state index in [0.717, 1.165) is 38.3 Å². The van der Waals surface area contributed by atoms with Gasteiger partial charge < -0.3 is 20.4 Å². The maximum atomic E-state index is 3.62. The van der Waals surface area contributed by atoms with Crippen LogP contribution in [0.3, 0.4) is 0 Å². The van der Waals surface area contributed by atoms with Gasteiger partial charge in [0.2, 0.25) is 0 Å². The number of halogens is 1. The standard InChI is InChI=1S/C26H46N4.ClH/c1-23-9-3-5-17-29(23)19-7-15-27-21-25-11-13-26(14-12-25)22-28-16-8-20-30-18-6-4-10-24(30)2;/h11-14,23-24,27-28H,3-10,15-22H2,1-2H3;1H/t23-,24+;. The third-order valence-corrected chi connectivity index (χ3v) is 7.16. The molecule has 5 heteroatoms. The Labute approximate surface area is 197 Å². The fourth-order valence-electron chi connectivity index (χ4n) is 5.03. The molecule has 2 aliphatic heterocycles. The van der Waals surface area contributed by atoms with Crippen LogP contribution in [0.1, 0.15) is 76.3 Å². The zero-order chi connectivity index (χ0) is 21.0. The van der Waals surface area contributed by atoms with Crippen molar-refractivity contribution in [1.29, 1.82) is 0 Å². The van der Waals surface area contributed by atoms with Gasteiger partial charge in [0.05, 0.1) is 0 Å². The average molecular weight is 451 g/mol. The third-order valence-electron chi connectivity index (χ3n) is 7.16. The molecule has 31 heavy (non-hydrogen) atoms. The molecule has 0 amide bonds. The van der Waals surface area contributed by atoms with Crippen molar-refractivity contribution < 1.29 is 0 Å². The van der Waals surface area contributed by atoms with Crippen molar-refractivity contribution in [3.63, 3.8) is 0 Å². The molecule has 2 N–H and O–H groups in total. The second-order valence-corrected chi connectivity index (χ2v) is 9.64. The zero-order valence-electron chi connectivity index (χ0n) is 20.1. The molecule has 0 aliphatic carbocycles. The lowest BCUT2D eigenvalue weighted by Crippen LogP contribution is -2.38. The minimum Gasteiger partial charge on any atom is -0.313 e. The Morgan fingerprint density at radius 2 is 1.13 bits per heavy atom. The Balaban J connectivity index is 0.00000341. The molecule has 0 spiro atoms. The number of rotatable bonds is 12. The van der Waals surface area contributed by atoms with Crippen molar-refractivity contribution in [2.75, 3.05) is 39.3 Å². The lowest BCUT2D eigenvalue weighted by Gasteiger charge is -2.33. The van der Waals surface area contributed by atoms with Crippen molar-refractivity contribution in [2.24, 2.45) is 0 Å². The van der Waals surface area contributed by atoms with Crippen LogP contribution >= 0.6 is 12.4 Å². The van der Waals surface area contributed by atoms with Crippen molar-refractivity contribution in [3.8, 4) is 0 Å². The van der Waals surface area contributed by atoms with Crippen LogP contribution in [0.15, 0.2) is 24.3 Å². The molecule has 0 radical (unpaired) electrons. The van der Waals surface area contributed by atoms with Gasteiger partial charge in [0, 0.05) is 25.2 Å². The first kappa shape index (κ1) is 26.6. The summed E-state index contributed by atoms with van der Waals surface area (Å²) in [5, 5.41) is 7.25. The van der Waals surface area contributed by atoms with E-state index >= 15 is 0 Å². The molecule has 2 fully saturated rings. The zero-order valence-corrected chi connectivity index (χ0v) is 20.9. The molecule has 1 aromatic carbocycles. The van der Waals surface area contributed by atoms with Crippen LogP contribution < -0.4 is 10.6 Å². The fraction of sp³-hybridized carbons (Fsp3) is 0.769. The number of nitrogens with one attached hydrogen (secondary N) is 2. The molecule has 0 bridgehead atoms. The van der Waals surface area contributed by atoms with Gasteiger partial charge in [0.25, 0.3) is 0 Å². The lowest BCUT2D eigenvalue weighted by molar-refractivity contribution is 0.159. The minimum atomic E-state index is 0. The second-order valence-electron chi connectivity index (χ2n) is 9.64. The van der Waals surface area contributed by atoms with E-state index < -0.39 is 0 Å². The van der Waals surface area contributed by atoms with Crippen molar-refractivity contribution in [3.05, 3.63) is 35.4 Å². The summed E-state index contributed by atoms with van der Waals surface area (Å²) >= 11 is 0. The summed E-state index contributed by atoms with van der Waals surface area (Å²) in [6.07, 6.45) is 10.9. The molecule has 2 heterocycles. The van der Waals surface area contributed by atoms with Crippen LogP contribution in [-0.2, 0) is 13.1 Å². The van der Waals surface area contributed by atoms with Gasteiger partial charge in [-0.15, -0.1) is 12.4 Å². The Bertz CT molecular complexity index is 528. The maximum Gasteiger partial charge on any atom is 0.0205 e. The average Bonchev–Trinajstić information content (AvgIpc) is 2.77. The first-order valence-corrected chi connectivity index (χ1v) is 12.7. The first-order valence-electron chi connectivity index (χ1n) is 12.7. The number of hydrogen-bond donors (Lipinski definition) is 2. The maximum absolute atomic E-state index is 3.62. The monoisotopic (exact) mass is 450 g/mol. The predicted molar refractivity (Wildman–Crippen MR) is 136 cm³/mol. The summed E-state index contributed by atoms with van der Waals surface area (Å²) in [5.41, 5.74) is 2.79. The molecule has 0 unspecified atom stereocenters. The normalized spacial score (nSPS) is 22.9. The van der Waals surface area contributed by atoms with Gasteiger partial charge in [0.1, 0.15) is 0 Å². The Morgan fingerprint density at radius 1 is 0.710 bits per heavy atom. The summed E-state index contributed by atoms with van der Waals surface area (Å²) in [6.45, 7) is 14.1. The second kappa shape index (κ2) is 15.2. The van der Waals surface area contributed by atoms with E-state index in [4.69, 9.17) is 0 Å². The van der Waals surface area contributed by atoms with Crippen LogP contribution in [0.25, 0.3) is 0 Å². The Kier molecular flexibility index (Phi) is 13.1. The highest BCUT2D eigenvalue weighted by Crippen LogP contribution is 2.17. The van der Waals surface area contributed by atoms with E-state index in [2.05, 4.69) is 58.5 Å². The largest absolute Gasteiger partial charge is 0.313 e. The summed E-state index contributed by atoms with van der Waals surface area (Å²) in [5.74, 6) is 0. The molecule has 2 atom stereocenters. The molecular formula is C26H47ClN4. The van der Waals surface area contributed by atoms with Crippen LogP contribution in [0.5, 0.6) is 0 Å². The van der Waals surface area contributed by atoms with Crippen LogP contribution in [0, 0.1) is 0 Å². The molecule has 2 aliphatic rings. The molecule has 1 aromatic rings. The lowest BCUT2D eigenvalue weighted by atomic mass is 10.0. The molecular weight excluding hydrogens is 404 g/mol. The molecule has 4 nitrogen and oxygen atoms in total. The highest BCUT2D eigenvalue weighted by Gasteiger charge is 2.17. The topological polar surface area (TPSA) is 30.5 Å². The van der Waals surface area contributed by atoms with E-state index in [0.29, 0.717) is 0 Å². The van der Waals surface area contributed by atoms with E-state index in [1.165, 1.54) is 88.7 Å². The van der Waals surface area contributed by atoms with E-state index in [9.17, 15) is 0 Å². The molecule has 178 valence electrons.